The molecule has 1 aliphatic rings. The highest BCUT2D eigenvalue weighted by atomic mass is 19.1. The van der Waals surface area contributed by atoms with Crippen molar-refractivity contribution in [3.05, 3.63) is 0 Å². The Morgan fingerprint density at radius 1 is 1.70 bits per heavy atom. The quantitative estimate of drug-likeness (QED) is 0.594. The second kappa shape index (κ2) is 2.87. The van der Waals surface area contributed by atoms with Crippen molar-refractivity contribution in [2.45, 2.75) is 44.8 Å². The Hall–Kier alpha value is -0.110. The highest BCUT2D eigenvalue weighted by Gasteiger charge is 2.34. The van der Waals surface area contributed by atoms with Crippen LogP contribution >= 0.6 is 0 Å². The Bertz CT molecular complexity index is 112. The first-order chi connectivity index (χ1) is 4.67. The van der Waals surface area contributed by atoms with Gasteiger partial charge in [0, 0.05) is 6.04 Å². The standard InChI is InChI=1S/C8H16FN/c1-3-7-8(2,9)5-4-6-10-7/h7,10H,3-6H2,1-2H3. The molecule has 2 unspecified atom stereocenters. The molecule has 0 saturated carbocycles. The SMILES string of the molecule is CCC1NCCCC1(C)F. The monoisotopic (exact) mass is 145 g/mol. The predicted molar refractivity (Wildman–Crippen MR) is 40.8 cm³/mol. The Labute approximate surface area is 62.0 Å². The van der Waals surface area contributed by atoms with Crippen LogP contribution in [0.2, 0.25) is 0 Å². The zero-order chi connectivity index (χ0) is 7.61. The summed E-state index contributed by atoms with van der Waals surface area (Å²) in [5, 5.41) is 3.18. The maximum absolute atomic E-state index is 13.5. The third-order valence-electron chi connectivity index (χ3n) is 2.37. The molecule has 1 N–H and O–H groups in total. The van der Waals surface area contributed by atoms with Crippen molar-refractivity contribution in [2.24, 2.45) is 0 Å². The van der Waals surface area contributed by atoms with E-state index >= 15 is 0 Å². The molecule has 0 spiro atoms. The van der Waals surface area contributed by atoms with E-state index in [9.17, 15) is 4.39 Å². The van der Waals surface area contributed by atoms with Gasteiger partial charge in [0.1, 0.15) is 5.67 Å². The third kappa shape index (κ3) is 1.48. The Kier molecular flexibility index (Phi) is 2.29. The van der Waals surface area contributed by atoms with Crippen molar-refractivity contribution >= 4 is 0 Å². The molecule has 0 amide bonds. The van der Waals surface area contributed by atoms with E-state index in [1.165, 1.54) is 0 Å². The van der Waals surface area contributed by atoms with Crippen molar-refractivity contribution in [2.75, 3.05) is 6.54 Å². The molecule has 1 heterocycles. The van der Waals surface area contributed by atoms with E-state index in [1.807, 2.05) is 6.92 Å². The van der Waals surface area contributed by atoms with Gasteiger partial charge in [0.05, 0.1) is 0 Å². The third-order valence-corrected chi connectivity index (χ3v) is 2.37. The van der Waals surface area contributed by atoms with Crippen molar-refractivity contribution in [1.29, 1.82) is 0 Å². The minimum Gasteiger partial charge on any atom is -0.311 e. The minimum absolute atomic E-state index is 0.0845. The molecule has 1 nitrogen and oxygen atoms in total. The number of rotatable bonds is 1. The topological polar surface area (TPSA) is 12.0 Å². The van der Waals surface area contributed by atoms with Crippen LogP contribution in [0.15, 0.2) is 0 Å². The average Bonchev–Trinajstić information content (AvgIpc) is 1.87. The van der Waals surface area contributed by atoms with Gasteiger partial charge < -0.3 is 5.32 Å². The fourth-order valence-electron chi connectivity index (χ4n) is 1.67. The Morgan fingerprint density at radius 2 is 2.40 bits per heavy atom. The van der Waals surface area contributed by atoms with E-state index in [4.69, 9.17) is 0 Å². The van der Waals surface area contributed by atoms with Gasteiger partial charge in [-0.2, -0.15) is 0 Å². The molecule has 2 heteroatoms. The smallest absolute Gasteiger partial charge is 0.123 e. The van der Waals surface area contributed by atoms with E-state index < -0.39 is 5.67 Å². The van der Waals surface area contributed by atoms with Gasteiger partial charge >= 0.3 is 0 Å². The van der Waals surface area contributed by atoms with Crippen LogP contribution in [0, 0.1) is 0 Å². The molecule has 60 valence electrons. The number of hydrogen-bond donors (Lipinski definition) is 1. The highest BCUT2D eigenvalue weighted by Crippen LogP contribution is 2.26. The molecule has 2 atom stereocenters. The normalized spacial score (nSPS) is 41.7. The first kappa shape index (κ1) is 7.99. The lowest BCUT2D eigenvalue weighted by Crippen LogP contribution is -2.49. The molecule has 0 aromatic carbocycles. The average molecular weight is 145 g/mol. The van der Waals surface area contributed by atoms with Gasteiger partial charge in [-0.15, -0.1) is 0 Å². The first-order valence-corrected chi connectivity index (χ1v) is 4.09. The van der Waals surface area contributed by atoms with Gasteiger partial charge in [0.2, 0.25) is 0 Å². The molecule has 0 aliphatic carbocycles. The van der Waals surface area contributed by atoms with Crippen LogP contribution < -0.4 is 5.32 Å². The zero-order valence-electron chi connectivity index (χ0n) is 6.78. The summed E-state index contributed by atoms with van der Waals surface area (Å²) in [5.41, 5.74) is -0.965. The summed E-state index contributed by atoms with van der Waals surface area (Å²) < 4.78 is 13.5. The van der Waals surface area contributed by atoms with Gasteiger partial charge in [-0.05, 0) is 32.7 Å². The molecule has 0 radical (unpaired) electrons. The van der Waals surface area contributed by atoms with E-state index in [0.717, 1.165) is 25.8 Å². The molecule has 0 aromatic rings. The maximum atomic E-state index is 13.5. The largest absolute Gasteiger partial charge is 0.311 e. The first-order valence-electron chi connectivity index (χ1n) is 4.09. The predicted octanol–water partition coefficient (Wildman–Crippen LogP) is 1.88. The van der Waals surface area contributed by atoms with Crippen LogP contribution in [-0.2, 0) is 0 Å². The van der Waals surface area contributed by atoms with Crippen LogP contribution in [0.4, 0.5) is 4.39 Å². The summed E-state index contributed by atoms with van der Waals surface area (Å²) >= 11 is 0. The zero-order valence-corrected chi connectivity index (χ0v) is 6.78. The molecule has 1 rings (SSSR count). The lowest BCUT2D eigenvalue weighted by molar-refractivity contribution is 0.0863. The minimum atomic E-state index is -0.965. The van der Waals surface area contributed by atoms with Crippen molar-refractivity contribution in [3.8, 4) is 0 Å². The Balaban J connectivity index is 2.51. The van der Waals surface area contributed by atoms with Crippen molar-refractivity contribution in [1.82, 2.24) is 5.32 Å². The number of hydrogen-bond acceptors (Lipinski definition) is 1. The van der Waals surface area contributed by atoms with Gasteiger partial charge in [-0.25, -0.2) is 4.39 Å². The summed E-state index contributed by atoms with van der Waals surface area (Å²) in [6.07, 6.45) is 2.59. The molecular formula is C8H16FN. The number of piperidine rings is 1. The van der Waals surface area contributed by atoms with Crippen molar-refractivity contribution < 1.29 is 4.39 Å². The fourth-order valence-corrected chi connectivity index (χ4v) is 1.67. The molecule has 1 saturated heterocycles. The molecule has 1 aliphatic heterocycles. The van der Waals surface area contributed by atoms with Crippen LogP contribution in [0.3, 0.4) is 0 Å². The van der Waals surface area contributed by atoms with Gasteiger partial charge in [0.15, 0.2) is 0 Å². The van der Waals surface area contributed by atoms with E-state index in [0.29, 0.717) is 0 Å². The highest BCUT2D eigenvalue weighted by molar-refractivity contribution is 4.90. The van der Waals surface area contributed by atoms with Gasteiger partial charge in [0.25, 0.3) is 0 Å². The van der Waals surface area contributed by atoms with E-state index in [1.54, 1.807) is 6.92 Å². The van der Waals surface area contributed by atoms with Crippen LogP contribution in [-0.4, -0.2) is 18.3 Å². The number of halogens is 1. The van der Waals surface area contributed by atoms with Crippen LogP contribution in [0.1, 0.15) is 33.1 Å². The van der Waals surface area contributed by atoms with Crippen LogP contribution in [0.5, 0.6) is 0 Å². The van der Waals surface area contributed by atoms with E-state index in [2.05, 4.69) is 5.32 Å². The maximum Gasteiger partial charge on any atom is 0.123 e. The number of alkyl halides is 1. The van der Waals surface area contributed by atoms with Crippen LogP contribution in [0.25, 0.3) is 0 Å². The summed E-state index contributed by atoms with van der Waals surface area (Å²) in [6.45, 7) is 4.71. The number of nitrogens with one attached hydrogen (secondary N) is 1. The Morgan fingerprint density at radius 3 is 2.80 bits per heavy atom. The second-order valence-electron chi connectivity index (χ2n) is 3.30. The summed E-state index contributed by atoms with van der Waals surface area (Å²) in [4.78, 5) is 0. The lowest BCUT2D eigenvalue weighted by atomic mass is 9.88. The molecule has 0 aromatic heterocycles. The lowest BCUT2D eigenvalue weighted by Gasteiger charge is -2.35. The van der Waals surface area contributed by atoms with E-state index in [-0.39, 0.29) is 6.04 Å². The van der Waals surface area contributed by atoms with Gasteiger partial charge in [-0.3, -0.25) is 0 Å². The molecule has 1 fully saturated rings. The fraction of sp³-hybridized carbons (Fsp3) is 1.00. The second-order valence-corrected chi connectivity index (χ2v) is 3.30. The summed E-state index contributed by atoms with van der Waals surface area (Å²) in [5.74, 6) is 0. The molecule has 10 heavy (non-hydrogen) atoms. The summed E-state index contributed by atoms with van der Waals surface area (Å²) in [6, 6.07) is 0.0845. The molecule has 0 bridgehead atoms. The van der Waals surface area contributed by atoms with Gasteiger partial charge in [-0.1, -0.05) is 6.92 Å². The molecular weight excluding hydrogens is 129 g/mol. The van der Waals surface area contributed by atoms with Crippen molar-refractivity contribution in [3.63, 3.8) is 0 Å². The summed E-state index contributed by atoms with van der Waals surface area (Å²) in [7, 11) is 0.